The van der Waals surface area contributed by atoms with Gasteiger partial charge in [-0.15, -0.1) is 0 Å². The van der Waals surface area contributed by atoms with Gasteiger partial charge in [0.25, 0.3) is 5.91 Å². The van der Waals surface area contributed by atoms with E-state index in [1.165, 1.54) is 11.0 Å². The quantitative estimate of drug-likeness (QED) is 0.835. The first kappa shape index (κ1) is 17.8. The summed E-state index contributed by atoms with van der Waals surface area (Å²) in [6, 6.07) is 10.2. The maximum Gasteiger partial charge on any atom is 0.253 e. The summed E-state index contributed by atoms with van der Waals surface area (Å²) in [6.07, 6.45) is 3.01. The maximum atomic E-state index is 12.1. The van der Waals surface area contributed by atoms with E-state index >= 15 is 0 Å². The van der Waals surface area contributed by atoms with Crippen molar-refractivity contribution in [1.82, 2.24) is 4.90 Å². The predicted octanol–water partition coefficient (Wildman–Crippen LogP) is 3.42. The third-order valence-corrected chi connectivity index (χ3v) is 3.94. The van der Waals surface area contributed by atoms with Gasteiger partial charge in [0.15, 0.2) is 11.5 Å². The second-order valence-corrected chi connectivity index (χ2v) is 6.25. The first-order valence-corrected chi connectivity index (χ1v) is 8.22. The monoisotopic (exact) mass is 372 g/mol. The molecule has 7 heteroatoms. The Kier molecular flexibility index (Phi) is 5.14. The summed E-state index contributed by atoms with van der Waals surface area (Å²) in [7, 11) is 3.35. The molecular weight excluding hydrogens is 356 g/mol. The topological polar surface area (TPSA) is 67.9 Å². The highest BCUT2D eigenvalue weighted by atomic mass is 35.5. The van der Waals surface area contributed by atoms with Crippen LogP contribution >= 0.6 is 11.6 Å². The number of anilines is 1. The van der Waals surface area contributed by atoms with Crippen molar-refractivity contribution in [2.24, 2.45) is 0 Å². The highest BCUT2D eigenvalue weighted by molar-refractivity contribution is 6.32. The number of carbonyl (C=O) groups excluding carboxylic acids is 2. The van der Waals surface area contributed by atoms with Crippen LogP contribution in [0.5, 0.6) is 11.5 Å². The molecule has 1 aliphatic heterocycles. The molecule has 0 aliphatic carbocycles. The summed E-state index contributed by atoms with van der Waals surface area (Å²) >= 11 is 6.12. The predicted molar refractivity (Wildman–Crippen MR) is 99.7 cm³/mol. The molecule has 1 aliphatic rings. The number of halogens is 1. The van der Waals surface area contributed by atoms with E-state index in [0.717, 1.165) is 0 Å². The number of ether oxygens (including phenoxy) is 2. The number of nitrogens with one attached hydrogen (secondary N) is 1. The van der Waals surface area contributed by atoms with Crippen LogP contribution in [-0.2, 0) is 4.79 Å². The molecule has 0 radical (unpaired) electrons. The fourth-order valence-electron chi connectivity index (χ4n) is 2.43. The number of fused-ring (bicyclic) bond motifs is 1. The van der Waals surface area contributed by atoms with Crippen molar-refractivity contribution in [3.63, 3.8) is 0 Å². The smallest absolute Gasteiger partial charge is 0.253 e. The molecule has 26 heavy (non-hydrogen) atoms. The van der Waals surface area contributed by atoms with E-state index in [-0.39, 0.29) is 18.6 Å². The van der Waals surface area contributed by atoms with Crippen molar-refractivity contribution in [3.8, 4) is 11.5 Å². The van der Waals surface area contributed by atoms with Crippen molar-refractivity contribution in [2.45, 2.75) is 0 Å². The lowest BCUT2D eigenvalue weighted by Gasteiger charge is -2.11. The first-order chi connectivity index (χ1) is 12.4. The van der Waals surface area contributed by atoms with Crippen LogP contribution in [0.25, 0.3) is 6.08 Å². The van der Waals surface area contributed by atoms with Gasteiger partial charge in [-0.25, -0.2) is 0 Å². The molecule has 0 unspecified atom stereocenters. The van der Waals surface area contributed by atoms with Crippen molar-refractivity contribution >= 4 is 35.2 Å². The van der Waals surface area contributed by atoms with Crippen LogP contribution in [0, 0.1) is 0 Å². The van der Waals surface area contributed by atoms with Crippen LogP contribution in [0.1, 0.15) is 15.9 Å². The molecule has 2 aromatic rings. The lowest BCUT2D eigenvalue weighted by molar-refractivity contribution is -0.111. The average Bonchev–Trinajstić information content (AvgIpc) is 3.08. The minimum Gasteiger partial charge on any atom is -0.454 e. The first-order valence-electron chi connectivity index (χ1n) is 7.84. The summed E-state index contributed by atoms with van der Waals surface area (Å²) in [5.74, 6) is 0.600. The molecule has 3 rings (SSSR count). The highest BCUT2D eigenvalue weighted by Gasteiger charge is 2.17. The van der Waals surface area contributed by atoms with Gasteiger partial charge in [-0.2, -0.15) is 0 Å². The molecule has 2 amide bonds. The van der Waals surface area contributed by atoms with Crippen LogP contribution in [0.4, 0.5) is 5.69 Å². The Morgan fingerprint density at radius 1 is 1.19 bits per heavy atom. The molecule has 2 aromatic carbocycles. The molecule has 0 fully saturated rings. The van der Waals surface area contributed by atoms with E-state index in [2.05, 4.69) is 5.32 Å². The summed E-state index contributed by atoms with van der Waals surface area (Å²) < 4.78 is 10.5. The van der Waals surface area contributed by atoms with Gasteiger partial charge in [-0.3, -0.25) is 9.59 Å². The lowest BCUT2D eigenvalue weighted by atomic mass is 10.1. The molecule has 0 saturated carbocycles. The van der Waals surface area contributed by atoms with Crippen LogP contribution in [-0.4, -0.2) is 37.6 Å². The molecular formula is C19H17ClN2O4. The Hall–Kier alpha value is -2.99. The normalized spacial score (nSPS) is 12.3. The second-order valence-electron chi connectivity index (χ2n) is 5.84. The van der Waals surface area contributed by atoms with Gasteiger partial charge >= 0.3 is 0 Å². The Morgan fingerprint density at radius 3 is 2.77 bits per heavy atom. The minimum atomic E-state index is -0.326. The summed E-state index contributed by atoms with van der Waals surface area (Å²) in [6.45, 7) is 0.130. The molecule has 6 nitrogen and oxygen atoms in total. The Balaban J connectivity index is 1.70. The van der Waals surface area contributed by atoms with Gasteiger partial charge in [-0.1, -0.05) is 17.7 Å². The number of amides is 2. The van der Waals surface area contributed by atoms with Gasteiger partial charge in [0.2, 0.25) is 12.7 Å². The minimum absolute atomic E-state index is 0.130. The van der Waals surface area contributed by atoms with Crippen LogP contribution in [0.3, 0.4) is 0 Å². The van der Waals surface area contributed by atoms with Gasteiger partial charge in [0, 0.05) is 31.4 Å². The maximum absolute atomic E-state index is 12.1. The third kappa shape index (κ3) is 3.97. The molecule has 1 N–H and O–H groups in total. The van der Waals surface area contributed by atoms with Crippen molar-refractivity contribution in [1.29, 1.82) is 0 Å². The van der Waals surface area contributed by atoms with E-state index in [0.29, 0.717) is 33.3 Å². The molecule has 0 saturated heterocycles. The van der Waals surface area contributed by atoms with Crippen molar-refractivity contribution < 1.29 is 19.1 Å². The zero-order valence-corrected chi connectivity index (χ0v) is 15.0. The number of hydrogen-bond acceptors (Lipinski definition) is 4. The number of carbonyl (C=O) groups is 2. The van der Waals surface area contributed by atoms with Crippen molar-refractivity contribution in [3.05, 3.63) is 58.6 Å². The molecule has 134 valence electrons. The van der Waals surface area contributed by atoms with E-state index in [1.54, 1.807) is 56.6 Å². The van der Waals surface area contributed by atoms with Gasteiger partial charge in [0.05, 0.1) is 5.02 Å². The fraction of sp³-hybridized carbons (Fsp3) is 0.158. The lowest BCUT2D eigenvalue weighted by Crippen LogP contribution is -2.21. The largest absolute Gasteiger partial charge is 0.454 e. The SMILES string of the molecule is CN(C)C(=O)c1cccc(NC(=O)/C=C/c2cc(Cl)c3c(c2)OCO3)c1. The molecule has 1 heterocycles. The molecule has 0 bridgehead atoms. The van der Waals surface area contributed by atoms with Gasteiger partial charge < -0.3 is 19.7 Å². The molecule has 0 atom stereocenters. The molecule has 0 spiro atoms. The Bertz CT molecular complexity index is 893. The van der Waals surface area contributed by atoms with Gasteiger partial charge in [-0.05, 0) is 42.0 Å². The van der Waals surface area contributed by atoms with Crippen LogP contribution in [0.15, 0.2) is 42.5 Å². The van der Waals surface area contributed by atoms with E-state index in [1.807, 2.05) is 0 Å². The number of benzene rings is 2. The average molecular weight is 373 g/mol. The standard InChI is InChI=1S/C19H17ClN2O4/c1-22(2)19(24)13-4-3-5-14(10-13)21-17(23)7-6-12-8-15(20)18-16(9-12)25-11-26-18/h3-10H,11H2,1-2H3,(H,21,23)/b7-6+. The summed E-state index contributed by atoms with van der Waals surface area (Å²) in [5, 5.41) is 3.15. The number of rotatable bonds is 4. The molecule has 0 aromatic heterocycles. The van der Waals surface area contributed by atoms with Crippen LogP contribution in [0.2, 0.25) is 5.02 Å². The van der Waals surface area contributed by atoms with E-state index in [9.17, 15) is 9.59 Å². The van der Waals surface area contributed by atoms with E-state index in [4.69, 9.17) is 21.1 Å². The number of hydrogen-bond donors (Lipinski definition) is 1. The van der Waals surface area contributed by atoms with Crippen molar-refractivity contribution in [2.75, 3.05) is 26.2 Å². The second kappa shape index (κ2) is 7.49. The van der Waals surface area contributed by atoms with E-state index < -0.39 is 0 Å². The zero-order chi connectivity index (χ0) is 18.7. The zero-order valence-electron chi connectivity index (χ0n) is 14.3. The fourth-order valence-corrected chi connectivity index (χ4v) is 2.70. The Morgan fingerprint density at radius 2 is 2.00 bits per heavy atom. The third-order valence-electron chi connectivity index (χ3n) is 3.66. The van der Waals surface area contributed by atoms with Crippen LogP contribution < -0.4 is 14.8 Å². The highest BCUT2D eigenvalue weighted by Crippen LogP contribution is 2.40. The Labute approximate surface area is 156 Å². The summed E-state index contributed by atoms with van der Waals surface area (Å²) in [5.41, 5.74) is 1.75. The summed E-state index contributed by atoms with van der Waals surface area (Å²) in [4.78, 5) is 25.6. The van der Waals surface area contributed by atoms with Gasteiger partial charge in [0.1, 0.15) is 0 Å². The number of nitrogens with zero attached hydrogens (tertiary/aromatic N) is 1.